The summed E-state index contributed by atoms with van der Waals surface area (Å²) in [5.41, 5.74) is 1.20. The van der Waals surface area contributed by atoms with Crippen LogP contribution in [0.25, 0.3) is 0 Å². The Kier molecular flexibility index (Phi) is 10.1. The average molecular weight is 650 g/mol. The van der Waals surface area contributed by atoms with Crippen molar-refractivity contribution in [3.8, 4) is 17.2 Å². The zero-order chi connectivity index (χ0) is 31.9. The zero-order valence-corrected chi connectivity index (χ0v) is 26.5. The minimum Gasteiger partial charge on any atom is -0.492 e. The number of ether oxygens (including phenoxy) is 2. The van der Waals surface area contributed by atoms with Gasteiger partial charge in [0.2, 0.25) is 15.9 Å². The van der Waals surface area contributed by atoms with Crippen LogP contribution in [0.5, 0.6) is 17.2 Å². The lowest BCUT2D eigenvalue weighted by Gasteiger charge is -2.24. The summed E-state index contributed by atoms with van der Waals surface area (Å²) in [6, 6.07) is 28.3. The minimum absolute atomic E-state index is 0.0593. The quantitative estimate of drug-likeness (QED) is 0.203. The summed E-state index contributed by atoms with van der Waals surface area (Å²) in [6.07, 6.45) is 1.72. The molecule has 4 aromatic rings. The van der Waals surface area contributed by atoms with E-state index in [1.807, 2.05) is 37.3 Å². The van der Waals surface area contributed by atoms with Gasteiger partial charge < -0.3 is 14.8 Å². The third-order valence-corrected chi connectivity index (χ3v) is 10.9. The van der Waals surface area contributed by atoms with Crippen LogP contribution in [0.15, 0.2) is 113 Å². The van der Waals surface area contributed by atoms with Gasteiger partial charge in [-0.05, 0) is 92.6 Å². The highest BCUT2D eigenvalue weighted by Crippen LogP contribution is 2.28. The zero-order valence-electron chi connectivity index (χ0n) is 24.8. The molecule has 1 amide bonds. The van der Waals surface area contributed by atoms with Crippen LogP contribution >= 0.6 is 0 Å². The molecule has 0 bridgehead atoms. The van der Waals surface area contributed by atoms with Crippen molar-refractivity contribution in [1.29, 1.82) is 0 Å². The van der Waals surface area contributed by atoms with E-state index in [0.717, 1.165) is 22.7 Å². The topological polar surface area (TPSA) is 122 Å². The van der Waals surface area contributed by atoms with Gasteiger partial charge in [0, 0.05) is 13.1 Å². The van der Waals surface area contributed by atoms with Gasteiger partial charge in [0.15, 0.2) is 0 Å². The number of sulfonamides is 2. The molecule has 1 fully saturated rings. The van der Waals surface area contributed by atoms with Crippen LogP contribution in [0.4, 0.5) is 5.69 Å². The first kappa shape index (κ1) is 32.0. The number of para-hydroxylation sites is 1. The third kappa shape index (κ3) is 8.01. The fourth-order valence-corrected chi connectivity index (χ4v) is 7.73. The van der Waals surface area contributed by atoms with Crippen molar-refractivity contribution in [3.63, 3.8) is 0 Å². The normalized spacial score (nSPS) is 13.7. The number of anilines is 1. The second-order valence-electron chi connectivity index (χ2n) is 10.5. The summed E-state index contributed by atoms with van der Waals surface area (Å²) >= 11 is 0. The number of aryl methyl sites for hydroxylation is 1. The van der Waals surface area contributed by atoms with Gasteiger partial charge in [0.25, 0.3) is 10.0 Å². The van der Waals surface area contributed by atoms with E-state index < -0.39 is 32.5 Å². The Labute approximate surface area is 264 Å². The van der Waals surface area contributed by atoms with E-state index in [1.165, 1.54) is 28.6 Å². The van der Waals surface area contributed by atoms with Gasteiger partial charge in [-0.15, -0.1) is 0 Å². The number of nitrogens with one attached hydrogen (secondary N) is 1. The summed E-state index contributed by atoms with van der Waals surface area (Å²) in [4.78, 5) is 13.3. The van der Waals surface area contributed by atoms with E-state index in [4.69, 9.17) is 9.47 Å². The second kappa shape index (κ2) is 14.1. The van der Waals surface area contributed by atoms with Crippen LogP contribution < -0.4 is 19.1 Å². The molecule has 1 saturated heterocycles. The Bertz CT molecular complexity index is 1790. The van der Waals surface area contributed by atoms with Crippen LogP contribution in [0.2, 0.25) is 0 Å². The number of hydrogen-bond acceptors (Lipinski definition) is 7. The lowest BCUT2D eigenvalue weighted by atomic mass is 10.2. The molecule has 5 rings (SSSR count). The molecule has 1 N–H and O–H groups in total. The number of amides is 1. The number of rotatable bonds is 13. The molecule has 236 valence electrons. The number of benzene rings is 4. The van der Waals surface area contributed by atoms with Gasteiger partial charge in [0.1, 0.15) is 30.4 Å². The molecule has 12 heteroatoms. The number of nitrogens with zero attached hydrogens (tertiary/aromatic N) is 2. The van der Waals surface area contributed by atoms with Gasteiger partial charge in [-0.2, -0.15) is 4.31 Å². The fourth-order valence-electron chi connectivity index (χ4n) is 4.79. The van der Waals surface area contributed by atoms with Crippen molar-refractivity contribution >= 4 is 31.6 Å². The predicted octanol–water partition coefficient (Wildman–Crippen LogP) is 4.96. The molecule has 1 heterocycles. The van der Waals surface area contributed by atoms with Gasteiger partial charge in [-0.3, -0.25) is 9.10 Å². The molecular weight excluding hydrogens is 615 g/mol. The van der Waals surface area contributed by atoms with Crippen LogP contribution in [0.1, 0.15) is 18.4 Å². The summed E-state index contributed by atoms with van der Waals surface area (Å²) in [6.45, 7) is 2.66. The largest absolute Gasteiger partial charge is 0.492 e. The lowest BCUT2D eigenvalue weighted by molar-refractivity contribution is -0.119. The maximum atomic E-state index is 13.7. The Balaban J connectivity index is 1.22. The molecule has 0 unspecified atom stereocenters. The van der Waals surface area contributed by atoms with Crippen molar-refractivity contribution < 1.29 is 31.1 Å². The van der Waals surface area contributed by atoms with Gasteiger partial charge >= 0.3 is 0 Å². The van der Waals surface area contributed by atoms with Gasteiger partial charge in [-0.1, -0.05) is 35.9 Å². The molecule has 4 aromatic carbocycles. The molecule has 45 heavy (non-hydrogen) atoms. The molecule has 1 aliphatic rings. The van der Waals surface area contributed by atoms with Gasteiger partial charge in [0.05, 0.1) is 22.0 Å². The highest BCUT2D eigenvalue weighted by Gasteiger charge is 2.28. The molecule has 0 aromatic heterocycles. The highest BCUT2D eigenvalue weighted by molar-refractivity contribution is 7.92. The Morgan fingerprint density at radius 1 is 0.756 bits per heavy atom. The summed E-state index contributed by atoms with van der Waals surface area (Å²) in [5.74, 6) is 1.08. The predicted molar refractivity (Wildman–Crippen MR) is 172 cm³/mol. The standard InChI is InChI=1S/C33H35N3O7S2/c1-26-9-17-32(18-10-26)45(40,41)36(27-11-13-30(14-12-27)43-29-7-3-2-4-8-29)25-33(37)34-21-24-42-28-15-19-31(20-16-28)44(38,39)35-22-5-6-23-35/h2-4,7-20H,5-6,21-25H2,1H3,(H,34,37). The van der Waals surface area contributed by atoms with Crippen molar-refractivity contribution in [3.05, 3.63) is 109 Å². The van der Waals surface area contributed by atoms with Crippen molar-refractivity contribution in [1.82, 2.24) is 9.62 Å². The first-order chi connectivity index (χ1) is 21.6. The van der Waals surface area contributed by atoms with Crippen molar-refractivity contribution in [2.75, 3.05) is 37.1 Å². The molecular formula is C33H35N3O7S2. The van der Waals surface area contributed by atoms with E-state index in [9.17, 15) is 21.6 Å². The second-order valence-corrected chi connectivity index (χ2v) is 14.3. The Morgan fingerprint density at radius 2 is 1.33 bits per heavy atom. The maximum Gasteiger partial charge on any atom is 0.264 e. The van der Waals surface area contributed by atoms with Crippen LogP contribution in [-0.4, -0.2) is 59.8 Å². The monoisotopic (exact) mass is 649 g/mol. The van der Waals surface area contributed by atoms with E-state index in [2.05, 4.69) is 5.32 Å². The Hall–Kier alpha value is -4.39. The number of hydrogen-bond donors (Lipinski definition) is 1. The van der Waals surface area contributed by atoms with E-state index >= 15 is 0 Å². The van der Waals surface area contributed by atoms with Crippen LogP contribution in [0.3, 0.4) is 0 Å². The molecule has 0 saturated carbocycles. The van der Waals surface area contributed by atoms with E-state index in [0.29, 0.717) is 36.0 Å². The first-order valence-electron chi connectivity index (χ1n) is 14.5. The van der Waals surface area contributed by atoms with Crippen LogP contribution in [0, 0.1) is 6.92 Å². The molecule has 10 nitrogen and oxygen atoms in total. The first-order valence-corrected chi connectivity index (χ1v) is 17.4. The molecule has 0 spiro atoms. The lowest BCUT2D eigenvalue weighted by Crippen LogP contribution is -2.41. The SMILES string of the molecule is Cc1ccc(S(=O)(=O)N(CC(=O)NCCOc2ccc(S(=O)(=O)N3CCCC3)cc2)c2ccc(Oc3ccccc3)cc2)cc1. The van der Waals surface area contributed by atoms with E-state index in [1.54, 1.807) is 48.5 Å². The van der Waals surface area contributed by atoms with Crippen molar-refractivity contribution in [2.45, 2.75) is 29.6 Å². The molecule has 1 aliphatic heterocycles. The molecule has 0 radical (unpaired) electrons. The highest BCUT2D eigenvalue weighted by atomic mass is 32.2. The number of carbonyl (C=O) groups is 1. The fraction of sp³-hybridized carbons (Fsp3) is 0.242. The van der Waals surface area contributed by atoms with E-state index in [-0.39, 0.29) is 22.9 Å². The summed E-state index contributed by atoms with van der Waals surface area (Å²) in [5, 5.41) is 2.71. The summed E-state index contributed by atoms with van der Waals surface area (Å²) < 4.78 is 66.9. The Morgan fingerprint density at radius 3 is 1.98 bits per heavy atom. The smallest absolute Gasteiger partial charge is 0.264 e. The third-order valence-electron chi connectivity index (χ3n) is 7.22. The van der Waals surface area contributed by atoms with Gasteiger partial charge in [-0.25, -0.2) is 16.8 Å². The summed E-state index contributed by atoms with van der Waals surface area (Å²) in [7, 11) is -7.60. The average Bonchev–Trinajstić information content (AvgIpc) is 3.60. The van der Waals surface area contributed by atoms with Crippen LogP contribution in [-0.2, 0) is 24.8 Å². The molecule has 0 atom stereocenters. The maximum absolute atomic E-state index is 13.7. The molecule has 0 aliphatic carbocycles. The number of carbonyl (C=O) groups excluding carboxylic acids is 1. The minimum atomic E-state index is -4.09. The van der Waals surface area contributed by atoms with Crippen molar-refractivity contribution in [2.24, 2.45) is 0 Å².